The van der Waals surface area contributed by atoms with Gasteiger partial charge >= 0.3 is 0 Å². The first kappa shape index (κ1) is 9.61. The van der Waals surface area contributed by atoms with Crippen molar-refractivity contribution in [3.8, 4) is 12.3 Å². The molecule has 12 heavy (non-hydrogen) atoms. The summed E-state index contributed by atoms with van der Waals surface area (Å²) in [4.78, 5) is 0. The van der Waals surface area contributed by atoms with E-state index in [9.17, 15) is 0 Å². The maximum Gasteiger partial charge on any atom is 0.0892 e. The fourth-order valence-corrected chi connectivity index (χ4v) is 1.48. The molecule has 0 amide bonds. The highest BCUT2D eigenvalue weighted by atomic mass is 16.6. The lowest BCUT2D eigenvalue weighted by atomic mass is 9.98. The Kier molecular flexibility index (Phi) is 2.80. The average molecular weight is 166 g/mol. The van der Waals surface area contributed by atoms with E-state index < -0.39 is 0 Å². The molecular formula is C11H18O. The van der Waals surface area contributed by atoms with Crippen LogP contribution in [0.5, 0.6) is 0 Å². The van der Waals surface area contributed by atoms with E-state index in [1.165, 1.54) is 6.42 Å². The van der Waals surface area contributed by atoms with E-state index in [0.717, 1.165) is 12.8 Å². The van der Waals surface area contributed by atoms with E-state index in [0.29, 0.717) is 12.0 Å². The van der Waals surface area contributed by atoms with E-state index in [1.807, 2.05) is 0 Å². The molecule has 1 nitrogen and oxygen atoms in total. The molecule has 1 heteroatoms. The zero-order valence-electron chi connectivity index (χ0n) is 8.26. The van der Waals surface area contributed by atoms with Crippen LogP contribution in [0.4, 0.5) is 0 Å². The third-order valence-corrected chi connectivity index (χ3v) is 2.55. The van der Waals surface area contributed by atoms with Crippen LogP contribution in [-0.4, -0.2) is 11.7 Å². The molecule has 0 radical (unpaired) electrons. The standard InChI is InChI=1S/C11H18O/c1-5-6-9(2)7-8-10-11(3,4)12-10/h1,9-10H,6-8H2,2-4H3/t9-,10?/m0/s1. The van der Waals surface area contributed by atoms with Gasteiger partial charge in [0.15, 0.2) is 0 Å². The Balaban J connectivity index is 2.08. The van der Waals surface area contributed by atoms with Crippen molar-refractivity contribution in [3.05, 3.63) is 0 Å². The van der Waals surface area contributed by atoms with Gasteiger partial charge in [0, 0.05) is 6.42 Å². The SMILES string of the molecule is C#CC[C@H](C)CCC1OC1(C)C. The largest absolute Gasteiger partial charge is 0.367 e. The molecule has 2 atom stereocenters. The number of terminal acetylenes is 1. The third-order valence-electron chi connectivity index (χ3n) is 2.55. The smallest absolute Gasteiger partial charge is 0.0892 e. The highest BCUT2D eigenvalue weighted by Gasteiger charge is 2.46. The fourth-order valence-electron chi connectivity index (χ4n) is 1.48. The molecule has 0 aromatic carbocycles. The van der Waals surface area contributed by atoms with Gasteiger partial charge in [0.05, 0.1) is 11.7 Å². The summed E-state index contributed by atoms with van der Waals surface area (Å²) in [5.41, 5.74) is 0.149. The van der Waals surface area contributed by atoms with Gasteiger partial charge in [0.25, 0.3) is 0 Å². The maximum atomic E-state index is 5.48. The van der Waals surface area contributed by atoms with Gasteiger partial charge in [0.2, 0.25) is 0 Å². The molecule has 0 N–H and O–H groups in total. The van der Waals surface area contributed by atoms with E-state index in [1.54, 1.807) is 0 Å². The summed E-state index contributed by atoms with van der Waals surface area (Å²) in [6.45, 7) is 6.49. The van der Waals surface area contributed by atoms with Crippen molar-refractivity contribution in [2.75, 3.05) is 0 Å². The second-order valence-electron chi connectivity index (χ2n) is 4.30. The summed E-state index contributed by atoms with van der Waals surface area (Å²) in [6, 6.07) is 0. The summed E-state index contributed by atoms with van der Waals surface area (Å²) in [6.07, 6.45) is 8.96. The topological polar surface area (TPSA) is 12.5 Å². The second-order valence-corrected chi connectivity index (χ2v) is 4.30. The molecule has 0 spiro atoms. The Morgan fingerprint density at radius 3 is 2.58 bits per heavy atom. The van der Waals surface area contributed by atoms with Gasteiger partial charge in [-0.3, -0.25) is 0 Å². The minimum atomic E-state index is 0.149. The van der Waals surface area contributed by atoms with Crippen LogP contribution in [0.1, 0.15) is 40.0 Å². The molecule has 1 aliphatic heterocycles. The van der Waals surface area contributed by atoms with Crippen molar-refractivity contribution in [1.82, 2.24) is 0 Å². The fraction of sp³-hybridized carbons (Fsp3) is 0.818. The van der Waals surface area contributed by atoms with E-state index >= 15 is 0 Å². The Labute approximate surface area is 75.5 Å². The predicted octanol–water partition coefficient (Wildman–Crippen LogP) is 2.60. The number of rotatable bonds is 4. The van der Waals surface area contributed by atoms with E-state index in [2.05, 4.69) is 26.7 Å². The first-order valence-electron chi connectivity index (χ1n) is 4.67. The number of hydrogen-bond donors (Lipinski definition) is 0. The van der Waals surface area contributed by atoms with Crippen LogP contribution < -0.4 is 0 Å². The summed E-state index contributed by atoms with van der Waals surface area (Å²) in [5, 5.41) is 0. The minimum absolute atomic E-state index is 0.149. The predicted molar refractivity (Wildman–Crippen MR) is 50.8 cm³/mol. The average Bonchev–Trinajstić information content (AvgIpc) is 2.56. The number of hydrogen-bond acceptors (Lipinski definition) is 1. The van der Waals surface area contributed by atoms with Crippen LogP contribution >= 0.6 is 0 Å². The maximum absolute atomic E-state index is 5.48. The van der Waals surface area contributed by atoms with Crippen LogP contribution in [0.2, 0.25) is 0 Å². The molecule has 0 bridgehead atoms. The summed E-state index contributed by atoms with van der Waals surface area (Å²) in [5.74, 6) is 3.34. The van der Waals surface area contributed by atoms with E-state index in [-0.39, 0.29) is 5.60 Å². The summed E-state index contributed by atoms with van der Waals surface area (Å²) in [7, 11) is 0. The quantitative estimate of drug-likeness (QED) is 0.462. The van der Waals surface area contributed by atoms with Crippen LogP contribution in [0.25, 0.3) is 0 Å². The first-order valence-corrected chi connectivity index (χ1v) is 4.67. The van der Waals surface area contributed by atoms with Crippen molar-refractivity contribution in [2.24, 2.45) is 5.92 Å². The molecule has 68 valence electrons. The summed E-state index contributed by atoms with van der Waals surface area (Å²) >= 11 is 0. The molecule has 0 saturated carbocycles. The van der Waals surface area contributed by atoms with Gasteiger partial charge in [0.1, 0.15) is 0 Å². The normalized spacial score (nSPS) is 27.7. The van der Waals surface area contributed by atoms with E-state index in [4.69, 9.17) is 11.2 Å². The van der Waals surface area contributed by atoms with Gasteiger partial charge in [-0.05, 0) is 32.6 Å². The third kappa shape index (κ3) is 2.53. The molecule has 1 heterocycles. The summed E-state index contributed by atoms with van der Waals surface area (Å²) < 4.78 is 5.48. The van der Waals surface area contributed by atoms with Crippen molar-refractivity contribution in [1.29, 1.82) is 0 Å². The molecule has 0 aromatic rings. The molecular weight excluding hydrogens is 148 g/mol. The second kappa shape index (κ2) is 3.49. The lowest BCUT2D eigenvalue weighted by molar-refractivity contribution is 0.314. The van der Waals surface area contributed by atoms with Gasteiger partial charge in [-0.2, -0.15) is 0 Å². The van der Waals surface area contributed by atoms with Crippen LogP contribution in [0.15, 0.2) is 0 Å². The van der Waals surface area contributed by atoms with Crippen molar-refractivity contribution < 1.29 is 4.74 Å². The zero-order valence-corrected chi connectivity index (χ0v) is 8.26. The molecule has 1 rings (SSSR count). The van der Waals surface area contributed by atoms with Gasteiger partial charge in [-0.1, -0.05) is 6.92 Å². The van der Waals surface area contributed by atoms with Crippen LogP contribution in [-0.2, 0) is 4.74 Å². The van der Waals surface area contributed by atoms with Crippen LogP contribution in [0, 0.1) is 18.3 Å². The highest BCUT2D eigenvalue weighted by molar-refractivity contribution is 4.95. The lowest BCUT2D eigenvalue weighted by Crippen LogP contribution is -2.04. The van der Waals surface area contributed by atoms with Crippen LogP contribution in [0.3, 0.4) is 0 Å². The molecule has 0 aliphatic carbocycles. The molecule has 1 aliphatic rings. The molecule has 0 aromatic heterocycles. The Morgan fingerprint density at radius 2 is 2.17 bits per heavy atom. The zero-order chi connectivity index (χ0) is 9.19. The Hall–Kier alpha value is -0.480. The molecule has 1 saturated heterocycles. The highest BCUT2D eigenvalue weighted by Crippen LogP contribution is 2.39. The monoisotopic (exact) mass is 166 g/mol. The molecule has 1 unspecified atom stereocenters. The Morgan fingerprint density at radius 1 is 1.58 bits per heavy atom. The minimum Gasteiger partial charge on any atom is -0.367 e. The van der Waals surface area contributed by atoms with Gasteiger partial charge < -0.3 is 4.74 Å². The molecule has 1 fully saturated rings. The van der Waals surface area contributed by atoms with Crippen molar-refractivity contribution in [3.63, 3.8) is 0 Å². The Bertz CT molecular complexity index is 188. The lowest BCUT2D eigenvalue weighted by Gasteiger charge is -2.05. The first-order chi connectivity index (χ1) is 5.56. The van der Waals surface area contributed by atoms with Crippen molar-refractivity contribution in [2.45, 2.75) is 51.7 Å². The number of ether oxygens (including phenoxy) is 1. The van der Waals surface area contributed by atoms with Gasteiger partial charge in [-0.25, -0.2) is 0 Å². The van der Waals surface area contributed by atoms with Crippen molar-refractivity contribution >= 4 is 0 Å². The number of epoxide rings is 1. The van der Waals surface area contributed by atoms with Gasteiger partial charge in [-0.15, -0.1) is 12.3 Å².